The summed E-state index contributed by atoms with van der Waals surface area (Å²) < 4.78 is 0. The van der Waals surface area contributed by atoms with Crippen LogP contribution in [0, 0.1) is 0 Å². The van der Waals surface area contributed by atoms with Crippen molar-refractivity contribution in [1.29, 1.82) is 0 Å². The summed E-state index contributed by atoms with van der Waals surface area (Å²) >= 11 is 7.82. The Balaban J connectivity index is 0.00000288. The van der Waals surface area contributed by atoms with Crippen LogP contribution in [-0.4, -0.2) is 41.7 Å². The summed E-state index contributed by atoms with van der Waals surface area (Å²) in [7, 11) is 0. The lowest BCUT2D eigenvalue weighted by atomic mass is 10.1. The molecule has 3 unspecified atom stereocenters. The van der Waals surface area contributed by atoms with E-state index in [0.717, 1.165) is 23.3 Å². The van der Waals surface area contributed by atoms with E-state index < -0.39 is 6.10 Å². The van der Waals surface area contributed by atoms with Gasteiger partial charge in [-0.25, -0.2) is 0 Å². The van der Waals surface area contributed by atoms with Crippen molar-refractivity contribution < 1.29 is 5.11 Å². The summed E-state index contributed by atoms with van der Waals surface area (Å²) in [6.07, 6.45) is 5.16. The Morgan fingerprint density at radius 2 is 2.08 bits per heavy atom. The first-order chi connectivity index (χ1) is 11.1. The number of guanidine groups is 1. The first-order valence-electron chi connectivity index (χ1n) is 8.13. The standard InChI is InChI=1S/C17H26ClN3OS.HI/c1-3-19-17(21-14-8-9-15(10-14)23-2)20-11-16(22)12-4-6-13(18)7-5-12;/h4-7,14-16,22H,3,8-11H2,1-2H3,(H2,19,20,21);1H. The normalized spacial score (nSPS) is 21.9. The maximum Gasteiger partial charge on any atom is 0.191 e. The van der Waals surface area contributed by atoms with Crippen LogP contribution in [0.15, 0.2) is 29.3 Å². The fourth-order valence-corrected chi connectivity index (χ4v) is 3.69. The second-order valence-corrected chi connectivity index (χ2v) is 7.37. The summed E-state index contributed by atoms with van der Waals surface area (Å²) in [4.78, 5) is 4.53. The lowest BCUT2D eigenvalue weighted by Gasteiger charge is -2.18. The molecule has 3 atom stereocenters. The minimum atomic E-state index is -0.620. The Hall–Kier alpha value is -0.180. The quantitative estimate of drug-likeness (QED) is 0.327. The van der Waals surface area contributed by atoms with Gasteiger partial charge in [0, 0.05) is 22.9 Å². The van der Waals surface area contributed by atoms with Crippen LogP contribution in [0.5, 0.6) is 0 Å². The van der Waals surface area contributed by atoms with Crippen molar-refractivity contribution in [2.75, 3.05) is 19.3 Å². The third kappa shape index (κ3) is 6.98. The Morgan fingerprint density at radius 1 is 1.38 bits per heavy atom. The molecule has 0 bridgehead atoms. The van der Waals surface area contributed by atoms with Crippen LogP contribution in [0.1, 0.15) is 37.9 Å². The molecule has 2 rings (SSSR count). The highest BCUT2D eigenvalue weighted by Gasteiger charge is 2.24. The van der Waals surface area contributed by atoms with E-state index in [-0.39, 0.29) is 24.0 Å². The average Bonchev–Trinajstić information content (AvgIpc) is 3.01. The molecule has 1 aliphatic rings. The van der Waals surface area contributed by atoms with E-state index in [4.69, 9.17) is 11.6 Å². The van der Waals surface area contributed by atoms with Gasteiger partial charge < -0.3 is 15.7 Å². The fraction of sp³-hybridized carbons (Fsp3) is 0.588. The Kier molecular flexibility index (Phi) is 10.4. The van der Waals surface area contributed by atoms with Gasteiger partial charge in [0.25, 0.3) is 0 Å². The van der Waals surface area contributed by atoms with Crippen molar-refractivity contribution in [2.24, 2.45) is 4.99 Å². The van der Waals surface area contributed by atoms with Gasteiger partial charge in [-0.2, -0.15) is 11.8 Å². The molecule has 136 valence electrons. The van der Waals surface area contributed by atoms with Gasteiger partial charge in [-0.05, 0) is 50.1 Å². The van der Waals surface area contributed by atoms with Gasteiger partial charge in [-0.1, -0.05) is 23.7 Å². The first kappa shape index (κ1) is 21.9. The molecule has 1 aliphatic carbocycles. The fourth-order valence-electron chi connectivity index (χ4n) is 2.77. The zero-order valence-corrected chi connectivity index (χ0v) is 18.1. The van der Waals surface area contributed by atoms with Crippen LogP contribution in [0.2, 0.25) is 5.02 Å². The second kappa shape index (κ2) is 11.4. The number of aliphatic hydroxyl groups excluding tert-OH is 1. The summed E-state index contributed by atoms with van der Waals surface area (Å²) in [6.45, 7) is 3.18. The van der Waals surface area contributed by atoms with E-state index >= 15 is 0 Å². The molecule has 0 heterocycles. The molecular weight excluding hydrogens is 457 g/mol. The minimum Gasteiger partial charge on any atom is -0.386 e. The Labute approximate surface area is 171 Å². The highest BCUT2D eigenvalue weighted by molar-refractivity contribution is 14.0. The lowest BCUT2D eigenvalue weighted by molar-refractivity contribution is 0.187. The number of rotatable bonds is 6. The molecule has 3 N–H and O–H groups in total. The van der Waals surface area contributed by atoms with E-state index in [2.05, 4.69) is 21.9 Å². The third-order valence-electron chi connectivity index (χ3n) is 4.08. The Bertz CT molecular complexity index is 515. The monoisotopic (exact) mass is 483 g/mol. The molecule has 0 saturated heterocycles. The van der Waals surface area contributed by atoms with Crippen molar-refractivity contribution in [3.05, 3.63) is 34.9 Å². The van der Waals surface area contributed by atoms with Gasteiger partial charge in [0.05, 0.1) is 12.6 Å². The van der Waals surface area contributed by atoms with Crippen molar-refractivity contribution in [2.45, 2.75) is 43.6 Å². The zero-order chi connectivity index (χ0) is 16.7. The number of hydrogen-bond donors (Lipinski definition) is 3. The molecule has 1 fully saturated rings. The van der Waals surface area contributed by atoms with Crippen molar-refractivity contribution in [3.63, 3.8) is 0 Å². The van der Waals surface area contributed by atoms with Crippen LogP contribution in [0.25, 0.3) is 0 Å². The maximum atomic E-state index is 10.3. The van der Waals surface area contributed by atoms with E-state index in [0.29, 0.717) is 17.6 Å². The molecule has 24 heavy (non-hydrogen) atoms. The van der Waals surface area contributed by atoms with Crippen LogP contribution >= 0.6 is 47.3 Å². The number of nitrogens with one attached hydrogen (secondary N) is 2. The van der Waals surface area contributed by atoms with Gasteiger partial charge in [-0.3, -0.25) is 4.99 Å². The highest BCUT2D eigenvalue weighted by atomic mass is 127. The smallest absolute Gasteiger partial charge is 0.191 e. The van der Waals surface area contributed by atoms with Crippen LogP contribution in [0.4, 0.5) is 0 Å². The minimum absolute atomic E-state index is 0. The summed E-state index contributed by atoms with van der Waals surface area (Å²) in [5, 5.41) is 18.4. The van der Waals surface area contributed by atoms with Gasteiger partial charge in [0.1, 0.15) is 0 Å². The molecule has 0 amide bonds. The molecule has 0 aliphatic heterocycles. The summed E-state index contributed by atoms with van der Waals surface area (Å²) in [5.74, 6) is 0.785. The molecule has 1 aromatic carbocycles. The summed E-state index contributed by atoms with van der Waals surface area (Å²) in [6, 6.07) is 7.71. The maximum absolute atomic E-state index is 10.3. The average molecular weight is 484 g/mol. The van der Waals surface area contributed by atoms with Crippen LogP contribution in [0.3, 0.4) is 0 Å². The highest BCUT2D eigenvalue weighted by Crippen LogP contribution is 2.28. The molecule has 0 aromatic heterocycles. The van der Waals surface area contributed by atoms with Crippen molar-refractivity contribution in [3.8, 4) is 0 Å². The zero-order valence-electron chi connectivity index (χ0n) is 14.2. The third-order valence-corrected chi connectivity index (χ3v) is 5.43. The molecule has 0 spiro atoms. The molecule has 0 radical (unpaired) electrons. The van der Waals surface area contributed by atoms with Crippen LogP contribution < -0.4 is 10.6 Å². The number of aliphatic hydroxyl groups is 1. The van der Waals surface area contributed by atoms with Gasteiger partial charge >= 0.3 is 0 Å². The van der Waals surface area contributed by atoms with E-state index in [1.807, 2.05) is 30.8 Å². The van der Waals surface area contributed by atoms with E-state index in [1.54, 1.807) is 12.1 Å². The number of hydrogen-bond acceptors (Lipinski definition) is 3. The number of benzene rings is 1. The van der Waals surface area contributed by atoms with E-state index in [9.17, 15) is 5.11 Å². The molecule has 7 heteroatoms. The van der Waals surface area contributed by atoms with Gasteiger partial charge in [0.15, 0.2) is 5.96 Å². The van der Waals surface area contributed by atoms with Crippen molar-refractivity contribution >= 4 is 53.3 Å². The van der Waals surface area contributed by atoms with Gasteiger partial charge in [-0.15, -0.1) is 24.0 Å². The van der Waals surface area contributed by atoms with Crippen molar-refractivity contribution in [1.82, 2.24) is 10.6 Å². The first-order valence-corrected chi connectivity index (χ1v) is 9.80. The second-order valence-electron chi connectivity index (χ2n) is 5.80. The number of aliphatic imine (C=N–C) groups is 1. The molecule has 1 saturated carbocycles. The van der Waals surface area contributed by atoms with Gasteiger partial charge in [0.2, 0.25) is 0 Å². The topological polar surface area (TPSA) is 56.7 Å². The number of thioether (sulfide) groups is 1. The summed E-state index contributed by atoms with van der Waals surface area (Å²) in [5.41, 5.74) is 0.831. The Morgan fingerprint density at radius 3 is 2.67 bits per heavy atom. The molecule has 1 aromatic rings. The largest absolute Gasteiger partial charge is 0.386 e. The molecular formula is C17H27ClIN3OS. The predicted octanol–water partition coefficient (Wildman–Crippen LogP) is 3.83. The predicted molar refractivity (Wildman–Crippen MR) is 116 cm³/mol. The van der Waals surface area contributed by atoms with Crippen LogP contribution in [-0.2, 0) is 0 Å². The number of nitrogens with zero attached hydrogens (tertiary/aromatic N) is 1. The van der Waals surface area contributed by atoms with E-state index in [1.165, 1.54) is 19.3 Å². The SMILES string of the molecule is CCNC(=NCC(O)c1ccc(Cl)cc1)NC1CCC(SC)C1.I. The molecule has 4 nitrogen and oxygen atoms in total. The number of halogens is 2. The lowest BCUT2D eigenvalue weighted by Crippen LogP contribution is -2.42.